The molecule has 2 aromatic rings. The van der Waals surface area contributed by atoms with Gasteiger partial charge in [0.25, 0.3) is 0 Å². The Bertz CT molecular complexity index is 626. The van der Waals surface area contributed by atoms with E-state index in [1.54, 1.807) is 4.68 Å². The third-order valence-electron chi connectivity index (χ3n) is 4.12. The number of nitrogens with zero attached hydrogens (tertiary/aromatic N) is 2. The van der Waals surface area contributed by atoms with E-state index in [1.165, 1.54) is 11.1 Å². The summed E-state index contributed by atoms with van der Waals surface area (Å²) in [6.07, 6.45) is 3.39. The van der Waals surface area contributed by atoms with Crippen molar-refractivity contribution in [3.8, 4) is 0 Å². The van der Waals surface area contributed by atoms with E-state index in [4.69, 9.17) is 0 Å². The monoisotopic (exact) mass is 298 g/mol. The molecule has 1 aromatic carbocycles. The van der Waals surface area contributed by atoms with E-state index < -0.39 is 0 Å². The highest BCUT2D eigenvalue weighted by Gasteiger charge is 2.16. The molecule has 0 saturated carbocycles. The zero-order valence-corrected chi connectivity index (χ0v) is 14.1. The van der Waals surface area contributed by atoms with E-state index in [1.807, 2.05) is 32.0 Å². The Morgan fingerprint density at radius 1 is 1.14 bits per heavy atom. The van der Waals surface area contributed by atoms with Crippen LogP contribution in [-0.2, 0) is 12.8 Å². The van der Waals surface area contributed by atoms with Crippen LogP contribution in [0.15, 0.2) is 30.3 Å². The first-order valence-electron chi connectivity index (χ1n) is 8.11. The molecule has 22 heavy (non-hydrogen) atoms. The van der Waals surface area contributed by atoms with Gasteiger partial charge < -0.3 is 0 Å². The number of benzene rings is 1. The van der Waals surface area contributed by atoms with Crippen molar-refractivity contribution in [1.82, 2.24) is 9.78 Å². The second-order valence-corrected chi connectivity index (χ2v) is 6.37. The molecule has 0 radical (unpaired) electrons. The predicted molar refractivity (Wildman–Crippen MR) is 90.2 cm³/mol. The van der Waals surface area contributed by atoms with Crippen LogP contribution in [0.4, 0.5) is 0 Å². The average molecular weight is 298 g/mol. The minimum atomic E-state index is 0.0836. The van der Waals surface area contributed by atoms with Gasteiger partial charge in [-0.2, -0.15) is 5.10 Å². The summed E-state index contributed by atoms with van der Waals surface area (Å²) in [5, 5.41) is 4.47. The lowest BCUT2D eigenvalue weighted by Gasteiger charge is -2.06. The summed E-state index contributed by atoms with van der Waals surface area (Å²) in [7, 11) is 0. The molecular weight excluding hydrogens is 272 g/mol. The van der Waals surface area contributed by atoms with Gasteiger partial charge in [-0.25, -0.2) is 4.68 Å². The van der Waals surface area contributed by atoms with E-state index in [0.29, 0.717) is 12.3 Å². The first-order chi connectivity index (χ1) is 10.5. The molecule has 118 valence electrons. The van der Waals surface area contributed by atoms with Crippen LogP contribution in [0.1, 0.15) is 54.0 Å². The molecule has 1 heterocycles. The van der Waals surface area contributed by atoms with E-state index >= 15 is 0 Å². The highest BCUT2D eigenvalue weighted by atomic mass is 16.2. The summed E-state index contributed by atoms with van der Waals surface area (Å²) in [5.74, 6) is 0.746. The van der Waals surface area contributed by atoms with E-state index in [-0.39, 0.29) is 5.91 Å². The first-order valence-corrected chi connectivity index (χ1v) is 8.11. The van der Waals surface area contributed by atoms with Gasteiger partial charge >= 0.3 is 0 Å². The molecule has 0 saturated heterocycles. The number of carbonyl (C=O) groups excluding carboxylic acids is 1. The number of aromatic nitrogens is 2. The van der Waals surface area contributed by atoms with Crippen molar-refractivity contribution in [3.05, 3.63) is 52.8 Å². The Morgan fingerprint density at radius 3 is 2.45 bits per heavy atom. The van der Waals surface area contributed by atoms with Crippen molar-refractivity contribution in [2.45, 2.75) is 53.4 Å². The minimum absolute atomic E-state index is 0.0836. The maximum atomic E-state index is 12.4. The van der Waals surface area contributed by atoms with Crippen molar-refractivity contribution in [1.29, 1.82) is 0 Å². The summed E-state index contributed by atoms with van der Waals surface area (Å²) in [4.78, 5) is 12.4. The van der Waals surface area contributed by atoms with Gasteiger partial charge in [0.2, 0.25) is 5.91 Å². The van der Waals surface area contributed by atoms with Gasteiger partial charge in [-0.1, -0.05) is 44.2 Å². The van der Waals surface area contributed by atoms with Crippen LogP contribution < -0.4 is 0 Å². The molecule has 0 unspecified atom stereocenters. The van der Waals surface area contributed by atoms with Gasteiger partial charge in [-0.3, -0.25) is 4.79 Å². The van der Waals surface area contributed by atoms with Crippen LogP contribution in [0.2, 0.25) is 0 Å². The van der Waals surface area contributed by atoms with E-state index in [0.717, 1.165) is 30.7 Å². The fourth-order valence-corrected chi connectivity index (χ4v) is 2.71. The van der Waals surface area contributed by atoms with Crippen molar-refractivity contribution < 1.29 is 4.79 Å². The molecule has 0 atom stereocenters. The predicted octanol–water partition coefficient (Wildman–Crippen LogP) is 4.36. The summed E-state index contributed by atoms with van der Waals surface area (Å²) >= 11 is 0. The number of hydrogen-bond donors (Lipinski definition) is 0. The number of hydrogen-bond acceptors (Lipinski definition) is 2. The van der Waals surface area contributed by atoms with Crippen LogP contribution in [0.25, 0.3) is 0 Å². The second kappa shape index (κ2) is 7.39. The van der Waals surface area contributed by atoms with Crippen molar-refractivity contribution >= 4 is 5.91 Å². The lowest BCUT2D eigenvalue weighted by atomic mass is 10.0. The topological polar surface area (TPSA) is 34.9 Å². The van der Waals surface area contributed by atoms with Gasteiger partial charge in [-0.15, -0.1) is 0 Å². The van der Waals surface area contributed by atoms with Crippen molar-refractivity contribution in [2.75, 3.05) is 0 Å². The molecular formula is C19H26N2O. The minimum Gasteiger partial charge on any atom is -0.273 e. The van der Waals surface area contributed by atoms with E-state index in [2.05, 4.69) is 31.1 Å². The third kappa shape index (κ3) is 4.06. The Morgan fingerprint density at radius 2 is 1.82 bits per heavy atom. The molecule has 0 bridgehead atoms. The number of carbonyl (C=O) groups is 1. The molecule has 0 aliphatic carbocycles. The zero-order chi connectivity index (χ0) is 16.1. The molecule has 0 spiro atoms. The number of rotatable bonds is 6. The summed E-state index contributed by atoms with van der Waals surface area (Å²) in [5.41, 5.74) is 4.43. The van der Waals surface area contributed by atoms with Gasteiger partial charge in [0.05, 0.1) is 5.69 Å². The summed E-state index contributed by atoms with van der Waals surface area (Å²) in [6, 6.07) is 10.1. The summed E-state index contributed by atoms with van der Waals surface area (Å²) < 4.78 is 1.61. The van der Waals surface area contributed by atoms with Gasteiger partial charge in [0.15, 0.2) is 0 Å². The quantitative estimate of drug-likeness (QED) is 0.794. The van der Waals surface area contributed by atoms with Crippen molar-refractivity contribution in [2.24, 2.45) is 5.92 Å². The maximum Gasteiger partial charge on any atom is 0.247 e. The molecule has 3 nitrogen and oxygen atoms in total. The van der Waals surface area contributed by atoms with Crippen LogP contribution >= 0.6 is 0 Å². The van der Waals surface area contributed by atoms with Crippen molar-refractivity contribution in [3.63, 3.8) is 0 Å². The lowest BCUT2D eigenvalue weighted by Crippen LogP contribution is -2.15. The Hall–Kier alpha value is -1.90. The van der Waals surface area contributed by atoms with Crippen LogP contribution in [-0.4, -0.2) is 15.7 Å². The standard InChI is InChI=1S/C19H26N2O/c1-14(2)10-12-18-15(3)20-21(16(18)4)19(22)13-11-17-8-6-5-7-9-17/h5-9,14H,10-13H2,1-4H3. The number of aryl methyl sites for hydroxylation is 2. The lowest BCUT2D eigenvalue weighted by molar-refractivity contribution is 0.0884. The first kappa shape index (κ1) is 16.5. The molecule has 1 aromatic heterocycles. The van der Waals surface area contributed by atoms with Gasteiger partial charge in [-0.05, 0) is 50.2 Å². The molecule has 0 aliphatic heterocycles. The van der Waals surface area contributed by atoms with Crippen LogP contribution in [0.5, 0.6) is 0 Å². The summed E-state index contributed by atoms with van der Waals surface area (Å²) in [6.45, 7) is 8.46. The smallest absolute Gasteiger partial charge is 0.247 e. The molecule has 0 fully saturated rings. The van der Waals surface area contributed by atoms with E-state index in [9.17, 15) is 4.79 Å². The zero-order valence-electron chi connectivity index (χ0n) is 14.1. The Balaban J connectivity index is 2.05. The molecule has 3 heteroatoms. The maximum absolute atomic E-state index is 12.4. The fraction of sp³-hybridized carbons (Fsp3) is 0.474. The largest absolute Gasteiger partial charge is 0.273 e. The van der Waals surface area contributed by atoms with Gasteiger partial charge in [0, 0.05) is 12.1 Å². The fourth-order valence-electron chi connectivity index (χ4n) is 2.71. The molecule has 0 N–H and O–H groups in total. The van der Waals surface area contributed by atoms with Crippen LogP contribution in [0.3, 0.4) is 0 Å². The Kier molecular flexibility index (Phi) is 5.53. The third-order valence-corrected chi connectivity index (χ3v) is 4.12. The molecule has 2 rings (SSSR count). The normalized spacial score (nSPS) is 11.1. The molecule has 0 amide bonds. The highest BCUT2D eigenvalue weighted by Crippen LogP contribution is 2.18. The van der Waals surface area contributed by atoms with Crippen LogP contribution in [0, 0.1) is 19.8 Å². The molecule has 0 aliphatic rings. The van der Waals surface area contributed by atoms with Gasteiger partial charge in [0.1, 0.15) is 0 Å². The Labute approximate surface area is 133 Å². The SMILES string of the molecule is Cc1nn(C(=O)CCc2ccccc2)c(C)c1CCC(C)C. The second-order valence-electron chi connectivity index (χ2n) is 6.37. The highest BCUT2D eigenvalue weighted by molar-refractivity contribution is 5.79. The average Bonchev–Trinajstić information content (AvgIpc) is 2.78.